The largest absolute Gasteiger partial charge is 0.490 e. The number of benzene rings is 2. The first kappa shape index (κ1) is 29.5. The minimum atomic E-state index is -0.982. The molecule has 0 saturated heterocycles. The van der Waals surface area contributed by atoms with Crippen molar-refractivity contribution in [2.24, 2.45) is 5.92 Å². The third-order valence-electron chi connectivity index (χ3n) is 8.06. The summed E-state index contributed by atoms with van der Waals surface area (Å²) in [5.74, 6) is -3.32. The number of hydrogen-bond donors (Lipinski definition) is 0. The molecule has 2 aromatic rings. The molecular weight excluding hydrogens is 476 g/mol. The van der Waals surface area contributed by atoms with E-state index < -0.39 is 23.3 Å². The highest BCUT2D eigenvalue weighted by Gasteiger charge is 2.29. The number of rotatable bonds is 15. The van der Waals surface area contributed by atoms with Crippen LogP contribution in [-0.4, -0.2) is 6.61 Å². The normalized spacial score (nSPS) is 16.0. The summed E-state index contributed by atoms with van der Waals surface area (Å²) in [6, 6.07) is 4.91. The van der Waals surface area contributed by atoms with Crippen molar-refractivity contribution >= 4 is 0 Å². The fourth-order valence-corrected chi connectivity index (χ4v) is 5.37. The fourth-order valence-electron chi connectivity index (χ4n) is 5.37. The number of unbranched alkanes of at least 4 members (excludes halogenated alkanes) is 6. The van der Waals surface area contributed by atoms with E-state index in [2.05, 4.69) is 20.8 Å². The first-order valence-electron chi connectivity index (χ1n) is 14.5. The molecule has 2 unspecified atom stereocenters. The third-order valence-corrected chi connectivity index (χ3v) is 8.06. The van der Waals surface area contributed by atoms with E-state index in [1.54, 1.807) is 18.2 Å². The molecule has 0 radical (unpaired) electrons. The Bertz CT molecular complexity index is 1000. The molecular formula is C32H44F4O. The van der Waals surface area contributed by atoms with Gasteiger partial charge in [0.15, 0.2) is 23.2 Å². The van der Waals surface area contributed by atoms with Gasteiger partial charge in [0.25, 0.3) is 0 Å². The van der Waals surface area contributed by atoms with Crippen molar-refractivity contribution in [2.45, 2.75) is 117 Å². The van der Waals surface area contributed by atoms with E-state index in [-0.39, 0.29) is 29.2 Å². The summed E-state index contributed by atoms with van der Waals surface area (Å²) in [6.45, 7) is 6.89. The monoisotopic (exact) mass is 520 g/mol. The van der Waals surface area contributed by atoms with Crippen LogP contribution in [0.25, 0.3) is 0 Å². The van der Waals surface area contributed by atoms with Gasteiger partial charge in [-0.3, -0.25) is 0 Å². The lowest BCUT2D eigenvalue weighted by Crippen LogP contribution is -2.18. The molecule has 0 aliphatic heterocycles. The topological polar surface area (TPSA) is 9.23 Å². The van der Waals surface area contributed by atoms with Gasteiger partial charge in [-0.1, -0.05) is 84.3 Å². The second-order valence-corrected chi connectivity index (χ2v) is 10.9. The molecule has 0 saturated carbocycles. The highest BCUT2D eigenvalue weighted by atomic mass is 19.2. The standard InChI is InChI=1S/C32H44F4O/c1-4-6-7-8-9-12-19-37-28-21-25-16-15-24(20-27(25)31(35)32(28)36)26-18-17-23(29(33)30(26)34)14-11-10-13-22(3)5-2/h17-18,21-22,24H,4-16,19-20H2,1-3H3. The van der Waals surface area contributed by atoms with Gasteiger partial charge >= 0.3 is 0 Å². The van der Waals surface area contributed by atoms with Gasteiger partial charge in [0.1, 0.15) is 0 Å². The number of halogens is 4. The lowest BCUT2D eigenvalue weighted by atomic mass is 9.79. The summed E-state index contributed by atoms with van der Waals surface area (Å²) in [5.41, 5.74) is 1.61. The zero-order valence-electron chi connectivity index (χ0n) is 22.9. The average Bonchev–Trinajstić information content (AvgIpc) is 2.90. The maximum absolute atomic E-state index is 15.1. The average molecular weight is 521 g/mol. The Hall–Kier alpha value is -2.04. The Balaban J connectivity index is 1.62. The van der Waals surface area contributed by atoms with E-state index in [1.807, 2.05) is 0 Å². The lowest BCUT2D eigenvalue weighted by molar-refractivity contribution is 0.283. The smallest absolute Gasteiger partial charge is 0.200 e. The van der Waals surface area contributed by atoms with Crippen LogP contribution in [0.1, 0.15) is 120 Å². The molecule has 0 fully saturated rings. The molecule has 0 heterocycles. The van der Waals surface area contributed by atoms with Gasteiger partial charge in [0.05, 0.1) is 6.61 Å². The van der Waals surface area contributed by atoms with Crippen LogP contribution in [0.3, 0.4) is 0 Å². The van der Waals surface area contributed by atoms with Crippen molar-refractivity contribution in [3.05, 3.63) is 63.7 Å². The van der Waals surface area contributed by atoms with Crippen LogP contribution < -0.4 is 4.74 Å². The molecule has 2 aromatic carbocycles. The lowest BCUT2D eigenvalue weighted by Gasteiger charge is -2.27. The van der Waals surface area contributed by atoms with Gasteiger partial charge in [0.2, 0.25) is 5.82 Å². The second kappa shape index (κ2) is 14.8. The van der Waals surface area contributed by atoms with Gasteiger partial charge < -0.3 is 4.74 Å². The van der Waals surface area contributed by atoms with Crippen molar-refractivity contribution in [3.8, 4) is 5.75 Å². The van der Waals surface area contributed by atoms with Crippen LogP contribution in [0.2, 0.25) is 0 Å². The van der Waals surface area contributed by atoms with Crippen molar-refractivity contribution < 1.29 is 22.3 Å². The third kappa shape index (κ3) is 7.97. The van der Waals surface area contributed by atoms with E-state index >= 15 is 8.78 Å². The van der Waals surface area contributed by atoms with E-state index in [0.717, 1.165) is 44.9 Å². The molecule has 0 N–H and O–H groups in total. The molecule has 0 amide bonds. The van der Waals surface area contributed by atoms with Gasteiger partial charge in [-0.25, -0.2) is 13.2 Å². The minimum absolute atomic E-state index is 0.0434. The number of hydrogen-bond acceptors (Lipinski definition) is 1. The van der Waals surface area contributed by atoms with Gasteiger partial charge in [-0.15, -0.1) is 0 Å². The van der Waals surface area contributed by atoms with E-state index in [9.17, 15) is 8.78 Å². The Morgan fingerprint density at radius 2 is 1.62 bits per heavy atom. The quantitative estimate of drug-likeness (QED) is 0.168. The second-order valence-electron chi connectivity index (χ2n) is 10.9. The summed E-state index contributed by atoms with van der Waals surface area (Å²) >= 11 is 0. The minimum Gasteiger partial charge on any atom is -0.490 e. The predicted octanol–water partition coefficient (Wildman–Crippen LogP) is 10.0. The molecule has 5 heteroatoms. The van der Waals surface area contributed by atoms with E-state index in [0.29, 0.717) is 42.9 Å². The Kier molecular flexibility index (Phi) is 11.8. The Morgan fingerprint density at radius 1 is 0.865 bits per heavy atom. The SMILES string of the molecule is CCCCCCCCOc1cc2c(c(F)c1F)CC(c1ccc(CCCCC(C)CC)c(F)c1F)CC2. The summed E-state index contributed by atoms with van der Waals surface area (Å²) in [6.07, 6.45) is 12.2. The van der Waals surface area contributed by atoms with Gasteiger partial charge in [-0.2, -0.15) is 4.39 Å². The first-order valence-corrected chi connectivity index (χ1v) is 14.5. The van der Waals surface area contributed by atoms with E-state index in [1.165, 1.54) is 19.3 Å². The number of ether oxygens (including phenoxy) is 1. The first-order chi connectivity index (χ1) is 17.9. The molecule has 3 rings (SSSR count). The molecule has 37 heavy (non-hydrogen) atoms. The molecule has 1 aliphatic carbocycles. The fraction of sp³-hybridized carbons (Fsp3) is 0.625. The molecule has 206 valence electrons. The molecule has 1 nitrogen and oxygen atoms in total. The maximum atomic E-state index is 15.1. The number of fused-ring (bicyclic) bond motifs is 1. The van der Waals surface area contributed by atoms with Crippen molar-refractivity contribution in [3.63, 3.8) is 0 Å². The molecule has 0 aromatic heterocycles. The summed E-state index contributed by atoms with van der Waals surface area (Å²) in [7, 11) is 0. The van der Waals surface area contributed by atoms with Crippen LogP contribution in [0, 0.1) is 29.2 Å². The van der Waals surface area contributed by atoms with Crippen LogP contribution in [0.15, 0.2) is 18.2 Å². The summed E-state index contributed by atoms with van der Waals surface area (Å²) < 4.78 is 65.3. The number of aryl methyl sites for hydroxylation is 2. The summed E-state index contributed by atoms with van der Waals surface area (Å²) in [4.78, 5) is 0. The van der Waals surface area contributed by atoms with Crippen molar-refractivity contribution in [1.82, 2.24) is 0 Å². The molecule has 2 atom stereocenters. The van der Waals surface area contributed by atoms with Gasteiger partial charge in [-0.05, 0) is 78.7 Å². The van der Waals surface area contributed by atoms with Crippen LogP contribution in [0.5, 0.6) is 5.75 Å². The van der Waals surface area contributed by atoms with Gasteiger partial charge in [0, 0.05) is 0 Å². The molecule has 0 spiro atoms. The van der Waals surface area contributed by atoms with Crippen LogP contribution in [-0.2, 0) is 19.3 Å². The molecule has 1 aliphatic rings. The molecule has 0 bridgehead atoms. The van der Waals surface area contributed by atoms with Crippen LogP contribution in [0.4, 0.5) is 17.6 Å². The highest BCUT2D eigenvalue weighted by molar-refractivity contribution is 5.42. The highest BCUT2D eigenvalue weighted by Crippen LogP contribution is 2.39. The summed E-state index contributed by atoms with van der Waals surface area (Å²) in [5, 5.41) is 0. The van der Waals surface area contributed by atoms with Crippen LogP contribution >= 0.6 is 0 Å². The van der Waals surface area contributed by atoms with Crippen molar-refractivity contribution in [2.75, 3.05) is 6.61 Å². The Labute approximate surface area is 221 Å². The van der Waals surface area contributed by atoms with E-state index in [4.69, 9.17) is 4.74 Å². The maximum Gasteiger partial charge on any atom is 0.200 e. The zero-order valence-corrected chi connectivity index (χ0v) is 22.9. The Morgan fingerprint density at radius 3 is 2.38 bits per heavy atom. The zero-order chi connectivity index (χ0) is 26.8. The predicted molar refractivity (Wildman–Crippen MR) is 143 cm³/mol. The van der Waals surface area contributed by atoms with Crippen molar-refractivity contribution in [1.29, 1.82) is 0 Å².